The molecule has 0 bridgehead atoms. The first-order chi connectivity index (χ1) is 8.58. The molecule has 2 aromatic carbocycles. The van der Waals surface area contributed by atoms with Crippen molar-refractivity contribution in [1.29, 1.82) is 0 Å². The lowest BCUT2D eigenvalue weighted by molar-refractivity contribution is 0.627. The Morgan fingerprint density at radius 2 is 1.78 bits per heavy atom. The van der Waals surface area contributed by atoms with Crippen LogP contribution in [0.3, 0.4) is 0 Å². The Balaban J connectivity index is 2.16. The van der Waals surface area contributed by atoms with Crippen LogP contribution in [0.2, 0.25) is 10.0 Å². The van der Waals surface area contributed by atoms with Gasteiger partial charge in [-0.05, 0) is 35.9 Å². The minimum Gasteiger partial charge on any atom is -0.398 e. The van der Waals surface area contributed by atoms with Crippen LogP contribution in [0.4, 0.5) is 10.1 Å². The Kier molecular flexibility index (Phi) is 4.38. The first kappa shape index (κ1) is 13.5. The molecule has 0 amide bonds. The van der Waals surface area contributed by atoms with Crippen LogP contribution in [0.15, 0.2) is 41.3 Å². The SMILES string of the molecule is Nc1cc(F)ccc1SCc1c(Cl)cccc1Cl. The molecule has 0 aromatic heterocycles. The van der Waals surface area contributed by atoms with E-state index in [0.29, 0.717) is 21.5 Å². The number of halogens is 3. The quantitative estimate of drug-likeness (QED) is 0.637. The summed E-state index contributed by atoms with van der Waals surface area (Å²) in [6, 6.07) is 9.71. The highest BCUT2D eigenvalue weighted by molar-refractivity contribution is 7.98. The summed E-state index contributed by atoms with van der Waals surface area (Å²) >= 11 is 13.6. The van der Waals surface area contributed by atoms with Gasteiger partial charge in [0.15, 0.2) is 0 Å². The number of rotatable bonds is 3. The molecule has 18 heavy (non-hydrogen) atoms. The molecule has 0 heterocycles. The number of anilines is 1. The number of hydrogen-bond donors (Lipinski definition) is 1. The fourth-order valence-electron chi connectivity index (χ4n) is 1.47. The third kappa shape index (κ3) is 3.10. The predicted molar refractivity (Wildman–Crippen MR) is 76.8 cm³/mol. The van der Waals surface area contributed by atoms with Crippen molar-refractivity contribution in [1.82, 2.24) is 0 Å². The zero-order valence-corrected chi connectivity index (χ0v) is 11.6. The normalized spacial score (nSPS) is 10.6. The first-order valence-electron chi connectivity index (χ1n) is 5.18. The largest absolute Gasteiger partial charge is 0.398 e. The number of benzene rings is 2. The summed E-state index contributed by atoms with van der Waals surface area (Å²) in [5, 5.41) is 1.24. The van der Waals surface area contributed by atoms with Gasteiger partial charge in [0, 0.05) is 26.4 Å². The Hall–Kier alpha value is -0.900. The number of nitrogen functional groups attached to an aromatic ring is 1. The molecule has 0 saturated carbocycles. The summed E-state index contributed by atoms with van der Waals surface area (Å²) in [5.41, 5.74) is 7.01. The maximum Gasteiger partial charge on any atom is 0.125 e. The Morgan fingerprint density at radius 1 is 1.11 bits per heavy atom. The summed E-state index contributed by atoms with van der Waals surface area (Å²) in [7, 11) is 0. The third-order valence-corrected chi connectivity index (χ3v) is 4.23. The van der Waals surface area contributed by atoms with E-state index in [1.165, 1.54) is 23.9 Å². The third-order valence-electron chi connectivity index (χ3n) is 2.41. The lowest BCUT2D eigenvalue weighted by Gasteiger charge is -2.08. The molecular formula is C13H10Cl2FNS. The molecule has 1 nitrogen and oxygen atoms in total. The second kappa shape index (κ2) is 5.83. The Morgan fingerprint density at radius 3 is 2.39 bits per heavy atom. The van der Waals surface area contributed by atoms with Crippen molar-refractivity contribution in [2.75, 3.05) is 5.73 Å². The van der Waals surface area contributed by atoms with Crippen molar-refractivity contribution in [2.24, 2.45) is 0 Å². The summed E-state index contributed by atoms with van der Waals surface area (Å²) in [6.45, 7) is 0. The fourth-order valence-corrected chi connectivity index (χ4v) is 3.16. The second-order valence-corrected chi connectivity index (χ2v) is 5.50. The molecule has 2 N–H and O–H groups in total. The van der Waals surface area contributed by atoms with Crippen LogP contribution < -0.4 is 5.73 Å². The van der Waals surface area contributed by atoms with Gasteiger partial charge < -0.3 is 5.73 Å². The van der Waals surface area contributed by atoms with Gasteiger partial charge in [-0.25, -0.2) is 4.39 Å². The van der Waals surface area contributed by atoms with Crippen molar-refractivity contribution in [3.05, 3.63) is 57.8 Å². The van der Waals surface area contributed by atoms with Gasteiger partial charge in [0.2, 0.25) is 0 Å². The van der Waals surface area contributed by atoms with Crippen molar-refractivity contribution < 1.29 is 4.39 Å². The van der Waals surface area contributed by atoms with Crippen LogP contribution in [-0.4, -0.2) is 0 Å². The summed E-state index contributed by atoms with van der Waals surface area (Å²) in [4.78, 5) is 0.812. The van der Waals surface area contributed by atoms with Crippen LogP contribution in [-0.2, 0) is 5.75 Å². The average molecular weight is 302 g/mol. The number of nitrogens with two attached hydrogens (primary N) is 1. The monoisotopic (exact) mass is 301 g/mol. The molecule has 0 aliphatic heterocycles. The summed E-state index contributed by atoms with van der Waals surface area (Å²) in [5.74, 6) is 0.251. The van der Waals surface area contributed by atoms with E-state index in [1.807, 2.05) is 0 Å². The van der Waals surface area contributed by atoms with E-state index in [-0.39, 0.29) is 5.82 Å². The molecule has 5 heteroatoms. The van der Waals surface area contributed by atoms with E-state index < -0.39 is 0 Å². The van der Waals surface area contributed by atoms with Crippen LogP contribution in [0.25, 0.3) is 0 Å². The molecule has 0 aliphatic carbocycles. The fraction of sp³-hybridized carbons (Fsp3) is 0.0769. The van der Waals surface area contributed by atoms with Gasteiger partial charge in [0.25, 0.3) is 0 Å². The maximum atomic E-state index is 12.9. The van der Waals surface area contributed by atoms with E-state index in [0.717, 1.165) is 10.5 Å². The van der Waals surface area contributed by atoms with Crippen LogP contribution >= 0.6 is 35.0 Å². The predicted octanol–water partition coefficient (Wildman–Crippen LogP) is 5.01. The molecule has 2 aromatic rings. The Bertz CT molecular complexity index is 555. The summed E-state index contributed by atoms with van der Waals surface area (Å²) in [6.07, 6.45) is 0. The van der Waals surface area contributed by atoms with E-state index in [1.54, 1.807) is 24.3 Å². The molecule has 0 atom stereocenters. The molecule has 0 spiro atoms. The van der Waals surface area contributed by atoms with Crippen molar-refractivity contribution in [3.8, 4) is 0 Å². The molecule has 94 valence electrons. The van der Waals surface area contributed by atoms with Gasteiger partial charge in [-0.1, -0.05) is 29.3 Å². The molecule has 0 fully saturated rings. The lowest BCUT2D eigenvalue weighted by Crippen LogP contribution is -1.91. The molecule has 0 unspecified atom stereocenters. The molecule has 0 radical (unpaired) electrons. The van der Waals surface area contributed by atoms with Gasteiger partial charge in [0.05, 0.1) is 0 Å². The van der Waals surface area contributed by atoms with Gasteiger partial charge in [-0.2, -0.15) is 0 Å². The average Bonchev–Trinajstić information content (AvgIpc) is 2.31. The second-order valence-electron chi connectivity index (χ2n) is 3.67. The molecular weight excluding hydrogens is 292 g/mol. The topological polar surface area (TPSA) is 26.0 Å². The Labute approximate surface area is 119 Å². The van der Waals surface area contributed by atoms with E-state index in [9.17, 15) is 4.39 Å². The van der Waals surface area contributed by atoms with Gasteiger partial charge in [-0.3, -0.25) is 0 Å². The van der Waals surface area contributed by atoms with Crippen molar-refractivity contribution >= 4 is 40.7 Å². The first-order valence-corrected chi connectivity index (χ1v) is 6.93. The lowest BCUT2D eigenvalue weighted by atomic mass is 10.2. The van der Waals surface area contributed by atoms with Gasteiger partial charge in [-0.15, -0.1) is 11.8 Å². The maximum absolute atomic E-state index is 12.9. The highest BCUT2D eigenvalue weighted by Gasteiger charge is 2.08. The van der Waals surface area contributed by atoms with E-state index in [2.05, 4.69) is 0 Å². The highest BCUT2D eigenvalue weighted by atomic mass is 35.5. The van der Waals surface area contributed by atoms with Crippen LogP contribution in [0, 0.1) is 5.82 Å². The molecule has 2 rings (SSSR count). The van der Waals surface area contributed by atoms with Crippen LogP contribution in [0.5, 0.6) is 0 Å². The number of hydrogen-bond acceptors (Lipinski definition) is 2. The van der Waals surface area contributed by atoms with Crippen molar-refractivity contribution in [3.63, 3.8) is 0 Å². The highest BCUT2D eigenvalue weighted by Crippen LogP contribution is 2.33. The van der Waals surface area contributed by atoms with E-state index in [4.69, 9.17) is 28.9 Å². The zero-order valence-electron chi connectivity index (χ0n) is 9.29. The molecule has 0 saturated heterocycles. The zero-order chi connectivity index (χ0) is 13.1. The summed E-state index contributed by atoms with van der Waals surface area (Å²) < 4.78 is 12.9. The number of thioether (sulfide) groups is 1. The van der Waals surface area contributed by atoms with Crippen LogP contribution in [0.1, 0.15) is 5.56 Å². The standard InChI is InChI=1S/C13H10Cl2FNS/c14-10-2-1-3-11(15)9(10)7-18-13-5-4-8(16)6-12(13)17/h1-6H,7,17H2. The van der Waals surface area contributed by atoms with Gasteiger partial charge >= 0.3 is 0 Å². The minimum absolute atomic E-state index is 0.340. The minimum atomic E-state index is -0.340. The molecule has 0 aliphatic rings. The van der Waals surface area contributed by atoms with Gasteiger partial charge in [0.1, 0.15) is 5.82 Å². The van der Waals surface area contributed by atoms with E-state index >= 15 is 0 Å². The van der Waals surface area contributed by atoms with Crippen molar-refractivity contribution in [2.45, 2.75) is 10.6 Å². The smallest absolute Gasteiger partial charge is 0.125 e.